The van der Waals surface area contributed by atoms with Crippen LogP contribution in [0.15, 0.2) is 47.0 Å². The van der Waals surface area contributed by atoms with Gasteiger partial charge < -0.3 is 4.74 Å². The Balaban J connectivity index is 1.62. The van der Waals surface area contributed by atoms with Gasteiger partial charge in [-0.25, -0.2) is 9.97 Å². The SMILES string of the molecule is Cc1csc(NN=Cc2ccc(Oc3nccc(C(F)(F)F)n3)cc2)n1. The van der Waals surface area contributed by atoms with Gasteiger partial charge in [0.15, 0.2) is 5.69 Å². The Morgan fingerprint density at radius 3 is 2.58 bits per heavy atom. The maximum atomic E-state index is 12.6. The number of nitrogens with one attached hydrogen (secondary N) is 1. The molecule has 0 unspecified atom stereocenters. The van der Waals surface area contributed by atoms with Crippen LogP contribution < -0.4 is 10.2 Å². The van der Waals surface area contributed by atoms with Gasteiger partial charge in [0, 0.05) is 11.6 Å². The Morgan fingerprint density at radius 2 is 1.92 bits per heavy atom. The third-order valence-corrected chi connectivity index (χ3v) is 3.87. The molecule has 0 radical (unpaired) electrons. The van der Waals surface area contributed by atoms with E-state index in [2.05, 4.69) is 25.5 Å². The fourth-order valence-electron chi connectivity index (χ4n) is 1.84. The molecule has 2 heterocycles. The molecule has 1 N–H and O–H groups in total. The molecule has 0 aliphatic heterocycles. The molecule has 0 aliphatic carbocycles. The Morgan fingerprint density at radius 1 is 1.15 bits per heavy atom. The van der Waals surface area contributed by atoms with Crippen molar-refractivity contribution in [3.63, 3.8) is 0 Å². The molecule has 0 saturated carbocycles. The standard InChI is InChI=1S/C16H12F3N5OS/c1-10-9-26-15(22-10)24-21-8-11-2-4-12(5-3-11)25-14-20-7-6-13(23-14)16(17,18)19/h2-9H,1H3,(H,22,24). The van der Waals surface area contributed by atoms with Crippen LogP contribution >= 0.6 is 11.3 Å². The number of thiazole rings is 1. The molecule has 3 rings (SSSR count). The molecule has 0 aliphatic rings. The number of alkyl halides is 3. The van der Waals surface area contributed by atoms with Gasteiger partial charge >= 0.3 is 12.2 Å². The first kappa shape index (κ1) is 17.8. The second kappa shape index (κ2) is 7.48. The number of nitrogens with zero attached hydrogens (tertiary/aromatic N) is 4. The highest BCUT2D eigenvalue weighted by molar-refractivity contribution is 7.13. The van der Waals surface area contributed by atoms with Crippen molar-refractivity contribution in [2.45, 2.75) is 13.1 Å². The van der Waals surface area contributed by atoms with Crippen molar-refractivity contribution in [2.75, 3.05) is 5.43 Å². The fourth-order valence-corrected chi connectivity index (χ4v) is 2.48. The van der Waals surface area contributed by atoms with Crippen molar-refractivity contribution < 1.29 is 17.9 Å². The predicted octanol–water partition coefficient (Wildman–Crippen LogP) is 4.50. The van der Waals surface area contributed by atoms with E-state index in [1.165, 1.54) is 11.3 Å². The van der Waals surface area contributed by atoms with Crippen LogP contribution in [0.5, 0.6) is 11.8 Å². The number of aryl methyl sites for hydroxylation is 1. The number of benzene rings is 1. The van der Waals surface area contributed by atoms with Crippen molar-refractivity contribution in [1.29, 1.82) is 0 Å². The average molecular weight is 379 g/mol. The molecule has 0 spiro atoms. The molecular weight excluding hydrogens is 367 g/mol. The summed E-state index contributed by atoms with van der Waals surface area (Å²) >= 11 is 1.44. The average Bonchev–Trinajstić information content (AvgIpc) is 3.01. The maximum absolute atomic E-state index is 12.6. The van der Waals surface area contributed by atoms with E-state index < -0.39 is 11.9 Å². The number of rotatable bonds is 5. The van der Waals surface area contributed by atoms with Crippen molar-refractivity contribution in [3.8, 4) is 11.8 Å². The van der Waals surface area contributed by atoms with Crippen molar-refractivity contribution in [1.82, 2.24) is 15.0 Å². The van der Waals surface area contributed by atoms with Gasteiger partial charge in [0.1, 0.15) is 5.75 Å². The molecule has 3 aromatic rings. The topological polar surface area (TPSA) is 72.3 Å². The molecule has 0 atom stereocenters. The zero-order valence-electron chi connectivity index (χ0n) is 13.4. The van der Waals surface area contributed by atoms with Crippen LogP contribution in [0.3, 0.4) is 0 Å². The summed E-state index contributed by atoms with van der Waals surface area (Å²) in [6.45, 7) is 1.89. The summed E-state index contributed by atoms with van der Waals surface area (Å²) in [5.74, 6) is 0.310. The first-order valence-electron chi connectivity index (χ1n) is 7.29. The molecule has 2 aromatic heterocycles. The van der Waals surface area contributed by atoms with Gasteiger partial charge in [0.25, 0.3) is 0 Å². The summed E-state index contributed by atoms with van der Waals surface area (Å²) in [6, 6.07) is 6.96. The Kier molecular flexibility index (Phi) is 5.12. The van der Waals surface area contributed by atoms with Crippen LogP contribution in [0, 0.1) is 6.92 Å². The molecule has 10 heteroatoms. The minimum Gasteiger partial charge on any atom is -0.424 e. The van der Waals surface area contributed by atoms with Gasteiger partial charge in [0.2, 0.25) is 5.13 Å². The second-order valence-corrected chi connectivity index (χ2v) is 5.92. The highest BCUT2D eigenvalue weighted by Gasteiger charge is 2.33. The molecule has 26 heavy (non-hydrogen) atoms. The summed E-state index contributed by atoms with van der Waals surface area (Å²) in [5, 5.41) is 6.64. The number of anilines is 1. The van der Waals surface area contributed by atoms with Crippen LogP contribution in [0.25, 0.3) is 0 Å². The van der Waals surface area contributed by atoms with Gasteiger partial charge in [-0.1, -0.05) is 0 Å². The lowest BCUT2D eigenvalue weighted by Gasteiger charge is -2.07. The molecule has 1 aromatic carbocycles. The minimum absolute atomic E-state index is 0.310. The zero-order chi connectivity index (χ0) is 18.6. The first-order chi connectivity index (χ1) is 12.4. The van der Waals surface area contributed by atoms with Crippen LogP contribution in [0.1, 0.15) is 17.0 Å². The van der Waals surface area contributed by atoms with Gasteiger partial charge in [-0.3, -0.25) is 5.43 Å². The number of halogens is 3. The summed E-state index contributed by atoms with van der Waals surface area (Å²) in [5.41, 5.74) is 3.42. The zero-order valence-corrected chi connectivity index (χ0v) is 14.2. The lowest BCUT2D eigenvalue weighted by molar-refractivity contribution is -0.141. The summed E-state index contributed by atoms with van der Waals surface area (Å²) in [7, 11) is 0. The summed E-state index contributed by atoms with van der Waals surface area (Å²) in [4.78, 5) is 11.2. The summed E-state index contributed by atoms with van der Waals surface area (Å²) < 4.78 is 43.2. The number of ether oxygens (including phenoxy) is 1. The van der Waals surface area contributed by atoms with E-state index in [0.29, 0.717) is 10.9 Å². The molecule has 134 valence electrons. The maximum Gasteiger partial charge on any atom is 0.433 e. The molecular formula is C16H12F3N5OS. The van der Waals surface area contributed by atoms with E-state index in [1.807, 2.05) is 12.3 Å². The molecule has 0 amide bonds. The second-order valence-electron chi connectivity index (χ2n) is 5.06. The smallest absolute Gasteiger partial charge is 0.424 e. The van der Waals surface area contributed by atoms with E-state index in [9.17, 15) is 13.2 Å². The molecule has 0 bridgehead atoms. The fraction of sp³-hybridized carbons (Fsp3) is 0.125. The van der Waals surface area contributed by atoms with Crippen molar-refractivity contribution in [3.05, 3.63) is 58.9 Å². The number of hydrogen-bond donors (Lipinski definition) is 1. The van der Waals surface area contributed by atoms with Crippen LogP contribution in [-0.4, -0.2) is 21.2 Å². The largest absolute Gasteiger partial charge is 0.433 e. The normalized spacial score (nSPS) is 11.7. The Hall–Kier alpha value is -3.01. The monoisotopic (exact) mass is 379 g/mol. The van der Waals surface area contributed by atoms with Gasteiger partial charge in [-0.05, 0) is 42.8 Å². The highest BCUT2D eigenvalue weighted by atomic mass is 32.1. The van der Waals surface area contributed by atoms with Crippen LogP contribution in [0.2, 0.25) is 0 Å². The van der Waals surface area contributed by atoms with Crippen LogP contribution in [-0.2, 0) is 6.18 Å². The third kappa shape index (κ3) is 4.76. The highest BCUT2D eigenvalue weighted by Crippen LogP contribution is 2.28. The molecule has 0 fully saturated rings. The molecule has 0 saturated heterocycles. The third-order valence-electron chi connectivity index (χ3n) is 3.01. The van der Waals surface area contributed by atoms with E-state index in [-0.39, 0.29) is 6.01 Å². The van der Waals surface area contributed by atoms with Gasteiger partial charge in [0.05, 0.1) is 11.9 Å². The van der Waals surface area contributed by atoms with E-state index in [0.717, 1.165) is 23.5 Å². The summed E-state index contributed by atoms with van der Waals surface area (Å²) in [6.07, 6.45) is -1.97. The number of hydrogen-bond acceptors (Lipinski definition) is 7. The first-order valence-corrected chi connectivity index (χ1v) is 8.17. The Bertz CT molecular complexity index is 909. The predicted molar refractivity (Wildman–Crippen MR) is 91.6 cm³/mol. The molecule has 6 nitrogen and oxygen atoms in total. The lowest BCUT2D eigenvalue weighted by Crippen LogP contribution is -2.08. The van der Waals surface area contributed by atoms with Crippen LogP contribution in [0.4, 0.5) is 18.3 Å². The van der Waals surface area contributed by atoms with E-state index in [4.69, 9.17) is 4.74 Å². The van der Waals surface area contributed by atoms with Crippen molar-refractivity contribution in [2.24, 2.45) is 5.10 Å². The number of hydrazone groups is 1. The minimum atomic E-state index is -4.55. The quantitative estimate of drug-likeness (QED) is 0.522. The number of aromatic nitrogens is 3. The lowest BCUT2D eigenvalue weighted by atomic mass is 10.2. The van der Waals surface area contributed by atoms with E-state index >= 15 is 0 Å². The Labute approximate surface area is 150 Å². The van der Waals surface area contributed by atoms with E-state index in [1.54, 1.807) is 30.5 Å². The van der Waals surface area contributed by atoms with Gasteiger partial charge in [-0.15, -0.1) is 11.3 Å². The van der Waals surface area contributed by atoms with Crippen molar-refractivity contribution >= 4 is 22.7 Å². The van der Waals surface area contributed by atoms with Gasteiger partial charge in [-0.2, -0.15) is 23.3 Å².